The van der Waals surface area contributed by atoms with Gasteiger partial charge in [-0.25, -0.2) is 4.79 Å². The van der Waals surface area contributed by atoms with E-state index >= 15 is 0 Å². The van der Waals surface area contributed by atoms with Gasteiger partial charge in [-0.15, -0.1) is 11.3 Å². The number of nitrogens with one attached hydrogen (secondary N) is 1. The number of fused-ring (bicyclic) bond motifs is 3. The van der Waals surface area contributed by atoms with Crippen molar-refractivity contribution in [2.45, 2.75) is 58.8 Å². The molecule has 3 aliphatic carbocycles. The fourth-order valence-corrected chi connectivity index (χ4v) is 6.93. The molecule has 2 saturated carbocycles. The first-order valence-electron chi connectivity index (χ1n) is 10.7. The molecule has 2 bridgehead atoms. The lowest BCUT2D eigenvalue weighted by Crippen LogP contribution is -2.44. The van der Waals surface area contributed by atoms with Crippen LogP contribution in [0, 0.1) is 29.6 Å². The van der Waals surface area contributed by atoms with Crippen molar-refractivity contribution in [1.82, 2.24) is 0 Å². The van der Waals surface area contributed by atoms with E-state index < -0.39 is 23.8 Å². The topological polar surface area (TPSA) is 95.5 Å². The molecular formula is C22H28NO5S-. The van der Waals surface area contributed by atoms with Gasteiger partial charge in [0.15, 0.2) is 0 Å². The van der Waals surface area contributed by atoms with E-state index in [0.29, 0.717) is 23.1 Å². The second kappa shape index (κ2) is 8.09. The molecular weight excluding hydrogens is 390 g/mol. The highest BCUT2D eigenvalue weighted by atomic mass is 32.1. The van der Waals surface area contributed by atoms with Gasteiger partial charge in [0, 0.05) is 22.7 Å². The molecule has 158 valence electrons. The van der Waals surface area contributed by atoms with Gasteiger partial charge in [-0.05, 0) is 68.3 Å². The highest BCUT2D eigenvalue weighted by Gasteiger charge is 2.51. The molecule has 29 heavy (non-hydrogen) atoms. The van der Waals surface area contributed by atoms with Gasteiger partial charge < -0.3 is 20.0 Å². The maximum atomic E-state index is 13.1. The molecule has 5 atom stereocenters. The number of hydrogen-bond donors (Lipinski definition) is 1. The minimum absolute atomic E-state index is 0.0344. The molecule has 2 fully saturated rings. The lowest BCUT2D eigenvalue weighted by Gasteiger charge is -2.30. The van der Waals surface area contributed by atoms with Gasteiger partial charge in [0.2, 0.25) is 5.91 Å². The summed E-state index contributed by atoms with van der Waals surface area (Å²) in [7, 11) is 0. The summed E-state index contributed by atoms with van der Waals surface area (Å²) >= 11 is 1.45. The molecule has 1 aromatic heterocycles. The van der Waals surface area contributed by atoms with Gasteiger partial charge >= 0.3 is 5.97 Å². The van der Waals surface area contributed by atoms with Crippen LogP contribution in [0.5, 0.6) is 0 Å². The van der Waals surface area contributed by atoms with Crippen molar-refractivity contribution < 1.29 is 24.2 Å². The molecule has 3 aliphatic rings. The number of amides is 1. The first-order chi connectivity index (χ1) is 13.9. The van der Waals surface area contributed by atoms with Crippen LogP contribution in [-0.2, 0) is 27.2 Å². The number of carbonyl (C=O) groups excluding carboxylic acids is 3. The van der Waals surface area contributed by atoms with Crippen LogP contribution in [0.15, 0.2) is 0 Å². The van der Waals surface area contributed by atoms with Crippen molar-refractivity contribution in [3.05, 3.63) is 16.0 Å². The Morgan fingerprint density at radius 1 is 1.17 bits per heavy atom. The van der Waals surface area contributed by atoms with Gasteiger partial charge in [-0.3, -0.25) is 4.79 Å². The largest absolute Gasteiger partial charge is 0.550 e. The summed E-state index contributed by atoms with van der Waals surface area (Å²) in [5, 5.41) is 15.1. The molecule has 1 N–H and O–H groups in total. The predicted molar refractivity (Wildman–Crippen MR) is 108 cm³/mol. The van der Waals surface area contributed by atoms with Gasteiger partial charge in [0.25, 0.3) is 0 Å². The quantitative estimate of drug-likeness (QED) is 0.717. The van der Waals surface area contributed by atoms with E-state index in [-0.39, 0.29) is 17.7 Å². The Bertz CT molecular complexity index is 831. The van der Waals surface area contributed by atoms with E-state index in [1.165, 1.54) is 11.3 Å². The number of ether oxygens (including phenoxy) is 1. The molecule has 0 unspecified atom stereocenters. The lowest BCUT2D eigenvalue weighted by molar-refractivity contribution is -0.314. The zero-order valence-corrected chi connectivity index (χ0v) is 17.8. The highest BCUT2D eigenvalue weighted by molar-refractivity contribution is 7.17. The van der Waals surface area contributed by atoms with Crippen LogP contribution in [0.3, 0.4) is 0 Å². The Hall–Kier alpha value is -1.89. The van der Waals surface area contributed by atoms with E-state index in [1.807, 2.05) is 6.92 Å². The van der Waals surface area contributed by atoms with Crippen LogP contribution in [0.25, 0.3) is 0 Å². The number of carbonyl (C=O) groups is 3. The Balaban J connectivity index is 1.61. The van der Waals surface area contributed by atoms with Gasteiger partial charge in [-0.1, -0.05) is 13.8 Å². The van der Waals surface area contributed by atoms with Crippen molar-refractivity contribution in [2.75, 3.05) is 11.9 Å². The molecule has 0 aromatic carbocycles. The Morgan fingerprint density at radius 3 is 2.59 bits per heavy atom. The fourth-order valence-electron chi connectivity index (χ4n) is 5.52. The van der Waals surface area contributed by atoms with E-state index in [0.717, 1.165) is 55.4 Å². The van der Waals surface area contributed by atoms with E-state index in [4.69, 9.17) is 4.74 Å². The highest BCUT2D eigenvalue weighted by Crippen LogP contribution is 2.52. The number of esters is 1. The summed E-state index contributed by atoms with van der Waals surface area (Å²) < 4.78 is 5.40. The molecule has 0 saturated heterocycles. The molecule has 6 nitrogen and oxygen atoms in total. The molecule has 4 rings (SSSR count). The third kappa shape index (κ3) is 3.69. The summed E-state index contributed by atoms with van der Waals surface area (Å²) in [6, 6.07) is 0. The van der Waals surface area contributed by atoms with Crippen LogP contribution >= 0.6 is 11.3 Å². The number of rotatable bonds is 6. The van der Waals surface area contributed by atoms with Crippen molar-refractivity contribution in [1.29, 1.82) is 0 Å². The molecule has 0 spiro atoms. The van der Waals surface area contributed by atoms with Crippen molar-refractivity contribution >= 4 is 34.2 Å². The number of hydrogen-bond acceptors (Lipinski definition) is 6. The van der Waals surface area contributed by atoms with Crippen LogP contribution in [0.1, 0.15) is 66.8 Å². The second-order valence-corrected chi connectivity index (χ2v) is 9.99. The number of carboxylic acids is 1. The third-order valence-corrected chi connectivity index (χ3v) is 8.05. The van der Waals surface area contributed by atoms with E-state index in [1.54, 1.807) is 0 Å². The van der Waals surface area contributed by atoms with Gasteiger partial charge in [0.05, 0.1) is 12.2 Å². The number of carboxylic acid groups (broad SMARTS) is 1. The normalized spacial score (nSPS) is 30.1. The first-order valence-corrected chi connectivity index (χ1v) is 11.6. The zero-order chi connectivity index (χ0) is 20.7. The van der Waals surface area contributed by atoms with Gasteiger partial charge in [0.1, 0.15) is 5.00 Å². The first kappa shape index (κ1) is 20.4. The number of anilines is 1. The van der Waals surface area contributed by atoms with Crippen molar-refractivity contribution in [3.63, 3.8) is 0 Å². The monoisotopic (exact) mass is 418 g/mol. The van der Waals surface area contributed by atoms with Crippen LogP contribution in [0.4, 0.5) is 5.00 Å². The smallest absolute Gasteiger partial charge is 0.341 e. The summed E-state index contributed by atoms with van der Waals surface area (Å²) in [5.74, 6) is -2.44. The summed E-state index contributed by atoms with van der Waals surface area (Å²) in [6.07, 6.45) is 5.94. The second-order valence-electron chi connectivity index (χ2n) is 8.88. The van der Waals surface area contributed by atoms with Crippen molar-refractivity contribution in [3.8, 4) is 0 Å². The van der Waals surface area contributed by atoms with Crippen LogP contribution in [0.2, 0.25) is 0 Å². The van der Waals surface area contributed by atoms with Crippen LogP contribution in [-0.4, -0.2) is 24.5 Å². The maximum Gasteiger partial charge on any atom is 0.341 e. The Morgan fingerprint density at radius 2 is 1.90 bits per heavy atom. The number of aliphatic carboxylic acids is 1. The maximum absolute atomic E-state index is 13.1. The Labute approximate surface area is 175 Å². The summed E-state index contributed by atoms with van der Waals surface area (Å²) in [6.45, 7) is 4.47. The number of thiophene rings is 1. The van der Waals surface area contributed by atoms with E-state index in [2.05, 4.69) is 12.2 Å². The summed E-state index contributed by atoms with van der Waals surface area (Å²) in [5.41, 5.74) is 1.47. The molecule has 1 heterocycles. The molecule has 1 aromatic rings. The van der Waals surface area contributed by atoms with Gasteiger partial charge in [-0.2, -0.15) is 0 Å². The molecule has 1 amide bonds. The minimum atomic E-state index is -1.13. The van der Waals surface area contributed by atoms with Crippen LogP contribution < -0.4 is 10.4 Å². The zero-order valence-electron chi connectivity index (χ0n) is 17.0. The molecule has 0 aliphatic heterocycles. The fraction of sp³-hybridized carbons (Fsp3) is 0.682. The third-order valence-electron chi connectivity index (χ3n) is 6.88. The SMILES string of the molecule is CCCOC(=O)c1c(NC(=O)[C@H]2[C@@H]3CC[C@@H](C3)[C@@H]2C(=O)[O-])sc2c1CC[C@@H](C)C2. The predicted octanol–water partition coefficient (Wildman–Crippen LogP) is 2.79. The standard InChI is InChI=1S/C22H29NO5S/c1-3-8-28-22(27)18-14-7-4-11(2)9-15(14)29-20(18)23-19(24)16-12-5-6-13(10-12)17(16)21(25)26/h11-13,16-17H,3-10H2,1-2H3,(H,23,24)(H,25,26)/p-1/t11-,12-,13+,16+,17+/m1/s1. The Kier molecular flexibility index (Phi) is 5.69. The summed E-state index contributed by atoms with van der Waals surface area (Å²) in [4.78, 5) is 38.7. The molecule has 7 heteroatoms. The minimum Gasteiger partial charge on any atom is -0.550 e. The lowest BCUT2D eigenvalue weighted by atomic mass is 9.78. The van der Waals surface area contributed by atoms with E-state index in [9.17, 15) is 19.5 Å². The average Bonchev–Trinajstić information content (AvgIpc) is 3.37. The molecule has 0 radical (unpaired) electrons. The van der Waals surface area contributed by atoms with Crippen molar-refractivity contribution in [2.24, 2.45) is 29.6 Å². The average molecular weight is 419 g/mol.